The second-order valence-corrected chi connectivity index (χ2v) is 7.50. The molecular formula is C23H27N5O3. The lowest BCUT2D eigenvalue weighted by atomic mass is 10.2. The lowest BCUT2D eigenvalue weighted by Crippen LogP contribution is -2.28. The molecule has 0 saturated heterocycles. The van der Waals surface area contributed by atoms with Crippen molar-refractivity contribution < 1.29 is 14.3 Å². The number of ether oxygens (including phenoxy) is 2. The number of methoxy groups -OCH3 is 2. The Morgan fingerprint density at radius 1 is 1.10 bits per heavy atom. The van der Waals surface area contributed by atoms with Gasteiger partial charge in [-0.05, 0) is 43.2 Å². The average molecular weight is 422 g/mol. The zero-order valence-corrected chi connectivity index (χ0v) is 17.8. The van der Waals surface area contributed by atoms with Crippen molar-refractivity contribution in [3.8, 4) is 22.9 Å². The third kappa shape index (κ3) is 4.79. The standard InChI is InChI=1S/C23H27N5O3/c1-30-21-11-10-16(14-22(21)31-2)26-23(29)25-15-17-13-20(19-9-5-6-12-24-19)28(27-17)18-7-3-4-8-18/h5-6,9-14,18H,3-4,7-8,15H2,1-2H3,(H2,25,26,29). The fourth-order valence-electron chi connectivity index (χ4n) is 3.92. The van der Waals surface area contributed by atoms with Crippen LogP contribution in [0, 0.1) is 0 Å². The molecule has 0 atom stereocenters. The Morgan fingerprint density at radius 2 is 1.90 bits per heavy atom. The first-order valence-electron chi connectivity index (χ1n) is 10.4. The van der Waals surface area contributed by atoms with Gasteiger partial charge in [0.15, 0.2) is 11.5 Å². The quantitative estimate of drug-likeness (QED) is 0.590. The highest BCUT2D eigenvalue weighted by Gasteiger charge is 2.22. The minimum Gasteiger partial charge on any atom is -0.493 e. The normalized spacial score (nSPS) is 13.7. The van der Waals surface area contributed by atoms with Crippen LogP contribution in [0.4, 0.5) is 10.5 Å². The van der Waals surface area contributed by atoms with E-state index in [9.17, 15) is 4.79 Å². The number of aromatic nitrogens is 3. The summed E-state index contributed by atoms with van der Waals surface area (Å²) in [7, 11) is 3.13. The van der Waals surface area contributed by atoms with Crippen molar-refractivity contribution in [3.63, 3.8) is 0 Å². The van der Waals surface area contributed by atoms with E-state index < -0.39 is 0 Å². The fourth-order valence-corrected chi connectivity index (χ4v) is 3.92. The number of nitrogens with zero attached hydrogens (tertiary/aromatic N) is 3. The molecule has 8 heteroatoms. The Kier molecular flexibility index (Phi) is 6.35. The van der Waals surface area contributed by atoms with E-state index in [1.807, 2.05) is 24.3 Å². The van der Waals surface area contributed by atoms with Crippen molar-refractivity contribution in [2.24, 2.45) is 0 Å². The molecule has 0 bridgehead atoms. The molecule has 1 aromatic carbocycles. The van der Waals surface area contributed by atoms with Gasteiger partial charge in [-0.25, -0.2) is 4.79 Å². The van der Waals surface area contributed by atoms with Crippen molar-refractivity contribution in [2.75, 3.05) is 19.5 Å². The van der Waals surface area contributed by atoms with Gasteiger partial charge in [-0.2, -0.15) is 5.10 Å². The molecule has 1 aliphatic rings. The summed E-state index contributed by atoms with van der Waals surface area (Å²) >= 11 is 0. The smallest absolute Gasteiger partial charge is 0.319 e. The summed E-state index contributed by atoms with van der Waals surface area (Å²) in [5.41, 5.74) is 3.29. The number of nitrogens with one attached hydrogen (secondary N) is 2. The Morgan fingerprint density at radius 3 is 2.61 bits per heavy atom. The Labute approximate surface area is 181 Å². The van der Waals surface area contributed by atoms with Crippen LogP contribution in [0.15, 0.2) is 48.7 Å². The minimum atomic E-state index is -0.318. The van der Waals surface area contributed by atoms with E-state index in [-0.39, 0.29) is 6.03 Å². The molecule has 2 heterocycles. The monoisotopic (exact) mass is 421 g/mol. The summed E-state index contributed by atoms with van der Waals surface area (Å²) < 4.78 is 12.6. The average Bonchev–Trinajstić information content (AvgIpc) is 3.48. The summed E-state index contributed by atoms with van der Waals surface area (Å²) in [6.07, 6.45) is 6.46. The maximum atomic E-state index is 12.4. The number of pyridine rings is 1. The third-order valence-corrected chi connectivity index (χ3v) is 5.46. The van der Waals surface area contributed by atoms with Crippen LogP contribution in [-0.2, 0) is 6.54 Å². The number of anilines is 1. The van der Waals surface area contributed by atoms with Crippen LogP contribution in [0.1, 0.15) is 37.4 Å². The lowest BCUT2D eigenvalue weighted by Gasteiger charge is -2.13. The second-order valence-electron chi connectivity index (χ2n) is 7.50. The number of benzene rings is 1. The van der Waals surface area contributed by atoms with Gasteiger partial charge in [-0.3, -0.25) is 9.67 Å². The zero-order valence-electron chi connectivity index (χ0n) is 17.8. The van der Waals surface area contributed by atoms with Gasteiger partial charge in [0.05, 0.1) is 43.9 Å². The predicted molar refractivity (Wildman–Crippen MR) is 118 cm³/mol. The largest absolute Gasteiger partial charge is 0.493 e. The van der Waals surface area contributed by atoms with Crippen molar-refractivity contribution >= 4 is 11.7 Å². The molecule has 1 aliphatic carbocycles. The number of carbonyl (C=O) groups excluding carboxylic acids is 1. The van der Waals surface area contributed by atoms with Crippen molar-refractivity contribution in [2.45, 2.75) is 38.3 Å². The first-order chi connectivity index (χ1) is 15.2. The third-order valence-electron chi connectivity index (χ3n) is 5.46. The van der Waals surface area contributed by atoms with Crippen LogP contribution < -0.4 is 20.1 Å². The minimum absolute atomic E-state index is 0.318. The molecule has 0 unspecified atom stereocenters. The molecule has 2 amide bonds. The number of urea groups is 1. The number of rotatable bonds is 7. The molecule has 2 N–H and O–H groups in total. The van der Waals surface area contributed by atoms with Gasteiger partial charge in [-0.15, -0.1) is 0 Å². The zero-order chi connectivity index (χ0) is 21.6. The highest BCUT2D eigenvalue weighted by Crippen LogP contribution is 2.33. The van der Waals surface area contributed by atoms with Gasteiger partial charge in [0.25, 0.3) is 0 Å². The molecule has 3 aromatic rings. The maximum Gasteiger partial charge on any atom is 0.319 e. The van der Waals surface area contributed by atoms with Gasteiger partial charge >= 0.3 is 6.03 Å². The first-order valence-corrected chi connectivity index (χ1v) is 10.4. The van der Waals surface area contributed by atoms with Crippen LogP contribution in [0.5, 0.6) is 11.5 Å². The molecule has 0 spiro atoms. The molecule has 162 valence electrons. The van der Waals surface area contributed by atoms with E-state index in [4.69, 9.17) is 14.6 Å². The number of carbonyl (C=O) groups is 1. The summed E-state index contributed by atoms with van der Waals surface area (Å²) in [6, 6.07) is 13.2. The Bertz CT molecular complexity index is 1030. The molecule has 31 heavy (non-hydrogen) atoms. The molecular weight excluding hydrogens is 394 g/mol. The number of hydrogen-bond donors (Lipinski definition) is 2. The van der Waals surface area contributed by atoms with Crippen LogP contribution in [-0.4, -0.2) is 35.0 Å². The Balaban J connectivity index is 1.45. The molecule has 1 fully saturated rings. The summed E-state index contributed by atoms with van der Waals surface area (Å²) in [4.78, 5) is 16.9. The molecule has 0 aliphatic heterocycles. The van der Waals surface area contributed by atoms with Crippen molar-refractivity contribution in [1.29, 1.82) is 0 Å². The number of hydrogen-bond acceptors (Lipinski definition) is 5. The number of amides is 2. The van der Waals surface area contributed by atoms with Crippen LogP contribution in [0.2, 0.25) is 0 Å². The van der Waals surface area contributed by atoms with E-state index in [1.165, 1.54) is 12.8 Å². The van der Waals surface area contributed by atoms with E-state index in [1.54, 1.807) is 38.6 Å². The molecule has 2 aromatic heterocycles. The SMILES string of the molecule is COc1ccc(NC(=O)NCc2cc(-c3ccccn3)n(C3CCCC3)n2)cc1OC. The van der Waals surface area contributed by atoms with E-state index >= 15 is 0 Å². The molecule has 8 nitrogen and oxygen atoms in total. The summed E-state index contributed by atoms with van der Waals surface area (Å²) in [5.74, 6) is 1.16. The van der Waals surface area contributed by atoms with E-state index in [0.29, 0.717) is 29.8 Å². The summed E-state index contributed by atoms with van der Waals surface area (Å²) in [6.45, 7) is 0.318. The van der Waals surface area contributed by atoms with Crippen LogP contribution >= 0.6 is 0 Å². The van der Waals surface area contributed by atoms with Gasteiger partial charge in [0.2, 0.25) is 0 Å². The van der Waals surface area contributed by atoms with Crippen LogP contribution in [0.25, 0.3) is 11.4 Å². The van der Waals surface area contributed by atoms with E-state index in [2.05, 4.69) is 20.3 Å². The van der Waals surface area contributed by atoms with Crippen LogP contribution in [0.3, 0.4) is 0 Å². The molecule has 4 rings (SSSR count). The van der Waals surface area contributed by atoms with Crippen molar-refractivity contribution in [3.05, 3.63) is 54.4 Å². The van der Waals surface area contributed by atoms with E-state index in [0.717, 1.165) is 29.9 Å². The Hall–Kier alpha value is -3.55. The van der Waals surface area contributed by atoms with Gasteiger partial charge < -0.3 is 20.1 Å². The first kappa shape index (κ1) is 20.7. The lowest BCUT2D eigenvalue weighted by molar-refractivity contribution is 0.251. The predicted octanol–water partition coefficient (Wildman–Crippen LogP) is 4.40. The highest BCUT2D eigenvalue weighted by molar-refractivity contribution is 5.89. The fraction of sp³-hybridized carbons (Fsp3) is 0.348. The van der Waals surface area contributed by atoms with Crippen molar-refractivity contribution in [1.82, 2.24) is 20.1 Å². The molecule has 0 radical (unpaired) electrons. The maximum absolute atomic E-state index is 12.4. The van der Waals surface area contributed by atoms with Gasteiger partial charge in [-0.1, -0.05) is 18.9 Å². The van der Waals surface area contributed by atoms with Gasteiger partial charge in [0, 0.05) is 18.0 Å². The van der Waals surface area contributed by atoms with Gasteiger partial charge in [0.1, 0.15) is 0 Å². The second kappa shape index (κ2) is 9.51. The molecule has 1 saturated carbocycles. The summed E-state index contributed by atoms with van der Waals surface area (Å²) in [5, 5.41) is 10.5. The topological polar surface area (TPSA) is 90.3 Å². The highest BCUT2D eigenvalue weighted by atomic mass is 16.5.